The lowest BCUT2D eigenvalue weighted by atomic mass is 10.1. The van der Waals surface area contributed by atoms with Crippen LogP contribution in [0.1, 0.15) is 40.0 Å². The van der Waals surface area contributed by atoms with Gasteiger partial charge in [0.1, 0.15) is 0 Å². The Morgan fingerprint density at radius 2 is 1.71 bits per heavy atom. The number of nitrogens with one attached hydrogen (secondary N) is 1. The Morgan fingerprint density at radius 3 is 2.47 bits per heavy atom. The molecule has 34 heavy (non-hydrogen) atoms. The van der Waals surface area contributed by atoms with E-state index < -0.39 is 0 Å². The van der Waals surface area contributed by atoms with Gasteiger partial charge in [0.2, 0.25) is 0 Å². The van der Waals surface area contributed by atoms with Crippen LogP contribution in [0.2, 0.25) is 5.02 Å². The van der Waals surface area contributed by atoms with Gasteiger partial charge in [-0.2, -0.15) is 5.10 Å². The Balaban J connectivity index is 1.35. The normalized spacial score (nSPS) is 13.8. The number of hydrogen-bond acceptors (Lipinski definition) is 3. The summed E-state index contributed by atoms with van der Waals surface area (Å²) >= 11 is 6.42. The zero-order valence-electron chi connectivity index (χ0n) is 19.2. The van der Waals surface area contributed by atoms with Crippen LogP contribution in [0.15, 0.2) is 77.9 Å². The van der Waals surface area contributed by atoms with Crippen molar-refractivity contribution in [2.75, 3.05) is 18.0 Å². The molecule has 172 valence electrons. The molecule has 1 aliphatic heterocycles. The molecule has 0 saturated carbocycles. The van der Waals surface area contributed by atoms with Crippen molar-refractivity contribution < 1.29 is 4.79 Å². The zero-order chi connectivity index (χ0) is 23.5. The summed E-state index contributed by atoms with van der Waals surface area (Å²) in [7, 11) is 0. The van der Waals surface area contributed by atoms with Gasteiger partial charge in [-0.05, 0) is 61.7 Å². The van der Waals surface area contributed by atoms with Crippen LogP contribution in [0.5, 0.6) is 0 Å². The Hall–Kier alpha value is -3.57. The smallest absolute Gasteiger partial charge is 0.271 e. The summed E-state index contributed by atoms with van der Waals surface area (Å²) in [4.78, 5) is 15.0. The Bertz CT molecular complexity index is 1350. The molecule has 0 radical (unpaired) electrons. The first kappa shape index (κ1) is 22.2. The fourth-order valence-corrected chi connectivity index (χ4v) is 4.84. The summed E-state index contributed by atoms with van der Waals surface area (Å²) in [5.74, 6) is -0.221. The molecule has 0 aliphatic carbocycles. The molecule has 1 aromatic heterocycles. The molecule has 0 bridgehead atoms. The van der Waals surface area contributed by atoms with Crippen molar-refractivity contribution in [1.82, 2.24) is 9.99 Å². The minimum Gasteiger partial charge on any atom is -0.372 e. The number of benzene rings is 3. The van der Waals surface area contributed by atoms with Crippen molar-refractivity contribution >= 4 is 40.3 Å². The molecule has 1 fully saturated rings. The van der Waals surface area contributed by atoms with Crippen LogP contribution in [-0.2, 0) is 6.54 Å². The highest BCUT2D eigenvalue weighted by molar-refractivity contribution is 6.31. The molecule has 5 rings (SSSR count). The van der Waals surface area contributed by atoms with Gasteiger partial charge < -0.3 is 9.47 Å². The maximum atomic E-state index is 12.6. The van der Waals surface area contributed by atoms with Gasteiger partial charge in [-0.3, -0.25) is 4.79 Å². The molecule has 1 saturated heterocycles. The summed E-state index contributed by atoms with van der Waals surface area (Å²) < 4.78 is 2.23. The summed E-state index contributed by atoms with van der Waals surface area (Å²) in [5.41, 5.74) is 8.65. The van der Waals surface area contributed by atoms with Gasteiger partial charge in [0.25, 0.3) is 5.91 Å². The number of hydrazone groups is 1. The van der Waals surface area contributed by atoms with Gasteiger partial charge in [0.15, 0.2) is 0 Å². The number of nitrogens with zero attached hydrogens (tertiary/aromatic N) is 3. The molecule has 1 N–H and O–H groups in total. The van der Waals surface area contributed by atoms with Gasteiger partial charge in [-0.25, -0.2) is 5.43 Å². The third-order valence-electron chi connectivity index (χ3n) is 6.53. The number of fused-ring (bicyclic) bond motifs is 1. The lowest BCUT2D eigenvalue weighted by Gasteiger charge is -2.17. The number of rotatable bonds is 6. The SMILES string of the molecule is Cc1c(/C=N\NC(=O)c2ccc(N3CCCC3)cc2)c2ccccc2n1Cc1ccccc1Cl. The van der Waals surface area contributed by atoms with E-state index >= 15 is 0 Å². The number of carbonyl (C=O) groups is 1. The van der Waals surface area contributed by atoms with Crippen LogP contribution in [0.4, 0.5) is 5.69 Å². The van der Waals surface area contributed by atoms with Crippen molar-refractivity contribution in [3.8, 4) is 0 Å². The Kier molecular flexibility index (Phi) is 6.37. The van der Waals surface area contributed by atoms with E-state index in [4.69, 9.17) is 11.6 Å². The van der Waals surface area contributed by atoms with Crippen LogP contribution in [0.3, 0.4) is 0 Å². The van der Waals surface area contributed by atoms with Crippen molar-refractivity contribution in [3.05, 3.63) is 100 Å². The standard InChI is InChI=1S/C28H27ClN4O/c1-20-25(18-30-31-28(34)21-12-14-23(15-13-21)32-16-6-7-17-32)24-9-3-5-11-27(24)33(20)19-22-8-2-4-10-26(22)29/h2-5,8-15,18H,6-7,16-17,19H2,1H3,(H,31,34)/b30-18-. The Labute approximate surface area is 204 Å². The first-order valence-corrected chi connectivity index (χ1v) is 12.0. The number of hydrogen-bond donors (Lipinski definition) is 1. The lowest BCUT2D eigenvalue weighted by Crippen LogP contribution is -2.19. The second-order valence-corrected chi connectivity index (χ2v) is 9.04. The number of aromatic nitrogens is 1. The first-order valence-electron chi connectivity index (χ1n) is 11.6. The fourth-order valence-electron chi connectivity index (χ4n) is 4.64. The molecule has 0 atom stereocenters. The van der Waals surface area contributed by atoms with Crippen LogP contribution in [0, 0.1) is 6.92 Å². The fraction of sp³-hybridized carbons (Fsp3) is 0.214. The zero-order valence-corrected chi connectivity index (χ0v) is 19.9. The van der Waals surface area contributed by atoms with Crippen LogP contribution in [-0.4, -0.2) is 29.8 Å². The number of para-hydroxylation sites is 1. The van der Waals surface area contributed by atoms with E-state index in [0.29, 0.717) is 12.1 Å². The van der Waals surface area contributed by atoms with Crippen LogP contribution >= 0.6 is 11.6 Å². The van der Waals surface area contributed by atoms with E-state index in [1.165, 1.54) is 18.5 Å². The molecular weight excluding hydrogens is 444 g/mol. The largest absolute Gasteiger partial charge is 0.372 e. The summed E-state index contributed by atoms with van der Waals surface area (Å²) in [6, 6.07) is 23.8. The predicted octanol–water partition coefficient (Wildman–Crippen LogP) is 6.02. The molecule has 4 aromatic rings. The highest BCUT2D eigenvalue weighted by atomic mass is 35.5. The second-order valence-electron chi connectivity index (χ2n) is 8.63. The van der Waals surface area contributed by atoms with E-state index in [2.05, 4.69) is 39.1 Å². The average molecular weight is 471 g/mol. The van der Waals surface area contributed by atoms with Gasteiger partial charge in [0, 0.05) is 58.1 Å². The highest BCUT2D eigenvalue weighted by Gasteiger charge is 2.15. The van der Waals surface area contributed by atoms with Gasteiger partial charge in [-0.15, -0.1) is 0 Å². The molecule has 0 spiro atoms. The molecule has 2 heterocycles. The predicted molar refractivity (Wildman–Crippen MR) is 140 cm³/mol. The van der Waals surface area contributed by atoms with Crippen molar-refractivity contribution in [2.45, 2.75) is 26.3 Å². The molecule has 6 heteroatoms. The molecular formula is C28H27ClN4O. The number of halogens is 1. The maximum absolute atomic E-state index is 12.6. The topological polar surface area (TPSA) is 49.6 Å². The minimum absolute atomic E-state index is 0.221. The van der Waals surface area contributed by atoms with E-state index in [0.717, 1.165) is 45.8 Å². The monoisotopic (exact) mass is 470 g/mol. The lowest BCUT2D eigenvalue weighted by molar-refractivity contribution is 0.0955. The number of amides is 1. The number of carbonyl (C=O) groups excluding carboxylic acids is 1. The first-order chi connectivity index (χ1) is 16.6. The van der Waals surface area contributed by atoms with Gasteiger partial charge in [-0.1, -0.05) is 48.0 Å². The van der Waals surface area contributed by atoms with Crippen molar-refractivity contribution in [2.24, 2.45) is 5.10 Å². The highest BCUT2D eigenvalue weighted by Crippen LogP contribution is 2.27. The van der Waals surface area contributed by atoms with E-state index in [1.807, 2.05) is 60.7 Å². The van der Waals surface area contributed by atoms with E-state index in [9.17, 15) is 4.79 Å². The molecule has 0 unspecified atom stereocenters. The Morgan fingerprint density at radius 1 is 1.00 bits per heavy atom. The summed E-state index contributed by atoms with van der Waals surface area (Å²) in [5, 5.41) is 6.12. The molecule has 1 aliphatic rings. The quantitative estimate of drug-likeness (QED) is 0.277. The van der Waals surface area contributed by atoms with Crippen molar-refractivity contribution in [1.29, 1.82) is 0 Å². The van der Waals surface area contributed by atoms with E-state index in [1.54, 1.807) is 6.21 Å². The third-order valence-corrected chi connectivity index (χ3v) is 6.90. The minimum atomic E-state index is -0.221. The number of anilines is 1. The average Bonchev–Trinajstić information content (AvgIpc) is 3.49. The van der Waals surface area contributed by atoms with E-state index in [-0.39, 0.29) is 5.91 Å². The van der Waals surface area contributed by atoms with Crippen molar-refractivity contribution in [3.63, 3.8) is 0 Å². The third kappa shape index (κ3) is 4.44. The summed E-state index contributed by atoms with van der Waals surface area (Å²) in [6.45, 7) is 4.89. The second kappa shape index (κ2) is 9.74. The molecule has 1 amide bonds. The maximum Gasteiger partial charge on any atom is 0.271 e. The van der Waals surface area contributed by atoms with Crippen LogP contribution < -0.4 is 10.3 Å². The van der Waals surface area contributed by atoms with Gasteiger partial charge in [0.05, 0.1) is 6.21 Å². The molecule has 5 nitrogen and oxygen atoms in total. The molecule has 3 aromatic carbocycles. The summed E-state index contributed by atoms with van der Waals surface area (Å²) in [6.07, 6.45) is 4.19. The van der Waals surface area contributed by atoms with Crippen LogP contribution in [0.25, 0.3) is 10.9 Å². The van der Waals surface area contributed by atoms with Gasteiger partial charge >= 0.3 is 0 Å².